The van der Waals surface area contributed by atoms with Gasteiger partial charge in [0.2, 0.25) is 0 Å². The summed E-state index contributed by atoms with van der Waals surface area (Å²) in [4.78, 5) is 2.92. The highest BCUT2D eigenvalue weighted by atomic mass is 35.5. The van der Waals surface area contributed by atoms with Crippen molar-refractivity contribution in [1.29, 1.82) is 0 Å². The largest absolute Gasteiger partial charge is 0.416 e. The Balaban J connectivity index is 1.98. The summed E-state index contributed by atoms with van der Waals surface area (Å²) in [5.74, 6) is 0. The molecule has 0 saturated carbocycles. The normalized spacial score (nSPS) is 11.8. The molecule has 7 heteroatoms. The van der Waals surface area contributed by atoms with Gasteiger partial charge in [0.05, 0.1) is 22.5 Å². The van der Waals surface area contributed by atoms with Crippen LogP contribution in [0.4, 0.5) is 13.2 Å². The number of rotatable bonds is 2. The summed E-state index contributed by atoms with van der Waals surface area (Å²) in [6, 6.07) is 5.06. The molecule has 21 heavy (non-hydrogen) atoms. The first-order chi connectivity index (χ1) is 9.95. The van der Waals surface area contributed by atoms with Crippen LogP contribution in [0.15, 0.2) is 49.1 Å². The van der Waals surface area contributed by atoms with E-state index < -0.39 is 11.7 Å². The fourth-order valence-corrected chi connectivity index (χ4v) is 2.24. The molecule has 0 aliphatic carbocycles. The van der Waals surface area contributed by atoms with Gasteiger partial charge in [-0.15, -0.1) is 0 Å². The number of hydrogen-bond acceptors (Lipinski definition) is 1. The van der Waals surface area contributed by atoms with Crippen molar-refractivity contribution in [2.24, 2.45) is 0 Å². The minimum atomic E-state index is -4.41. The van der Waals surface area contributed by atoms with Crippen LogP contribution in [-0.2, 0) is 6.18 Å². The average molecular weight is 312 g/mol. The Kier molecular flexibility index (Phi) is 3.25. The molecule has 0 aliphatic heterocycles. The number of halogens is 4. The maximum atomic E-state index is 12.6. The molecule has 0 bridgehead atoms. The van der Waals surface area contributed by atoms with Gasteiger partial charge in [0, 0.05) is 29.7 Å². The number of hydrogen-bond donors (Lipinski definition) is 1. The van der Waals surface area contributed by atoms with Crippen molar-refractivity contribution < 1.29 is 13.2 Å². The fourth-order valence-electron chi connectivity index (χ4n) is 1.98. The minimum Gasteiger partial charge on any atom is -0.367 e. The quantitative estimate of drug-likeness (QED) is 0.740. The molecule has 3 aromatic rings. The molecule has 1 aromatic carbocycles. The van der Waals surface area contributed by atoms with E-state index in [4.69, 9.17) is 11.6 Å². The van der Waals surface area contributed by atoms with Crippen LogP contribution in [0.25, 0.3) is 16.8 Å². The molecule has 0 spiro atoms. The van der Waals surface area contributed by atoms with Gasteiger partial charge in [-0.1, -0.05) is 11.6 Å². The summed E-state index contributed by atoms with van der Waals surface area (Å²) in [5.41, 5.74) is 1.39. The van der Waals surface area contributed by atoms with Gasteiger partial charge in [0.1, 0.15) is 0 Å². The lowest BCUT2D eigenvalue weighted by atomic mass is 10.2. The van der Waals surface area contributed by atoms with Crippen LogP contribution >= 0.6 is 11.6 Å². The van der Waals surface area contributed by atoms with Crippen molar-refractivity contribution in [2.75, 3.05) is 0 Å². The van der Waals surface area contributed by atoms with Crippen LogP contribution in [0.5, 0.6) is 0 Å². The topological polar surface area (TPSA) is 33.6 Å². The molecule has 0 saturated heterocycles. The minimum absolute atomic E-state index is 0.00598. The Labute approximate surface area is 123 Å². The van der Waals surface area contributed by atoms with Crippen LogP contribution in [-0.4, -0.2) is 14.8 Å². The van der Waals surface area contributed by atoms with Crippen molar-refractivity contribution in [1.82, 2.24) is 14.8 Å². The van der Waals surface area contributed by atoms with Crippen LogP contribution in [0.1, 0.15) is 5.56 Å². The molecule has 0 amide bonds. The van der Waals surface area contributed by atoms with E-state index in [1.165, 1.54) is 10.7 Å². The lowest BCUT2D eigenvalue weighted by Gasteiger charge is -2.09. The van der Waals surface area contributed by atoms with Crippen molar-refractivity contribution in [3.8, 4) is 16.8 Å². The highest BCUT2D eigenvalue weighted by Gasteiger charge is 2.31. The SMILES string of the molecule is FC(F)(F)c1ccc(-n2cc(-c3cc[nH]c3)cn2)c(Cl)c1. The third-order valence-electron chi connectivity index (χ3n) is 3.04. The molecular formula is C14H9ClF3N3. The van der Waals surface area contributed by atoms with E-state index in [-0.39, 0.29) is 5.02 Å². The summed E-state index contributed by atoms with van der Waals surface area (Å²) in [5, 5.41) is 4.13. The summed E-state index contributed by atoms with van der Waals surface area (Å²) in [6.07, 6.45) is 2.49. The van der Waals surface area contributed by atoms with Crippen molar-refractivity contribution in [3.05, 3.63) is 59.6 Å². The predicted molar refractivity (Wildman–Crippen MR) is 73.4 cm³/mol. The number of H-pyrrole nitrogens is 1. The molecule has 3 rings (SSSR count). The van der Waals surface area contributed by atoms with Crippen LogP contribution in [0, 0.1) is 0 Å². The summed E-state index contributed by atoms with van der Waals surface area (Å²) < 4.78 is 39.3. The molecule has 2 heterocycles. The van der Waals surface area contributed by atoms with Crippen LogP contribution < -0.4 is 0 Å². The van der Waals surface area contributed by atoms with E-state index in [9.17, 15) is 13.2 Å². The molecule has 0 atom stereocenters. The molecule has 0 aliphatic rings. The maximum Gasteiger partial charge on any atom is 0.416 e. The lowest BCUT2D eigenvalue weighted by Crippen LogP contribution is -2.05. The molecular weight excluding hydrogens is 303 g/mol. The van der Waals surface area contributed by atoms with Gasteiger partial charge in [-0.3, -0.25) is 0 Å². The smallest absolute Gasteiger partial charge is 0.367 e. The molecule has 108 valence electrons. The molecule has 0 fully saturated rings. The third-order valence-corrected chi connectivity index (χ3v) is 3.34. The summed E-state index contributed by atoms with van der Waals surface area (Å²) in [7, 11) is 0. The van der Waals surface area contributed by atoms with Crippen molar-refractivity contribution >= 4 is 11.6 Å². The second kappa shape index (κ2) is 4.96. The number of alkyl halides is 3. The Morgan fingerprint density at radius 2 is 1.95 bits per heavy atom. The lowest BCUT2D eigenvalue weighted by molar-refractivity contribution is -0.137. The summed E-state index contributed by atoms with van der Waals surface area (Å²) >= 11 is 5.94. The number of benzene rings is 1. The highest BCUT2D eigenvalue weighted by molar-refractivity contribution is 6.32. The number of nitrogens with one attached hydrogen (secondary N) is 1. The first-order valence-electron chi connectivity index (χ1n) is 6.00. The predicted octanol–water partition coefficient (Wildman–Crippen LogP) is 4.54. The zero-order valence-electron chi connectivity index (χ0n) is 10.5. The average Bonchev–Trinajstić information content (AvgIpc) is 3.08. The Hall–Kier alpha value is -2.21. The van der Waals surface area contributed by atoms with Crippen LogP contribution in [0.3, 0.4) is 0 Å². The molecule has 2 aromatic heterocycles. The molecule has 0 radical (unpaired) electrons. The van der Waals surface area contributed by atoms with Crippen molar-refractivity contribution in [3.63, 3.8) is 0 Å². The molecule has 3 nitrogen and oxygen atoms in total. The van der Waals surface area contributed by atoms with E-state index in [1.54, 1.807) is 24.8 Å². The monoisotopic (exact) mass is 311 g/mol. The van der Waals surface area contributed by atoms with Gasteiger partial charge in [0.25, 0.3) is 0 Å². The van der Waals surface area contributed by atoms with Gasteiger partial charge >= 0.3 is 6.18 Å². The molecule has 0 unspecified atom stereocenters. The van der Waals surface area contributed by atoms with E-state index >= 15 is 0 Å². The van der Waals surface area contributed by atoms with Gasteiger partial charge in [-0.25, -0.2) is 4.68 Å². The van der Waals surface area contributed by atoms with E-state index in [2.05, 4.69) is 10.1 Å². The standard InChI is InChI=1S/C14H9ClF3N3/c15-12-5-11(14(16,17)18)1-2-13(12)21-8-10(7-20-21)9-3-4-19-6-9/h1-8,19H. The number of aromatic amines is 1. The Morgan fingerprint density at radius 3 is 2.57 bits per heavy atom. The van der Waals surface area contributed by atoms with Gasteiger partial charge < -0.3 is 4.98 Å². The number of aromatic nitrogens is 3. The fraction of sp³-hybridized carbons (Fsp3) is 0.0714. The summed E-state index contributed by atoms with van der Waals surface area (Å²) in [6.45, 7) is 0. The van der Waals surface area contributed by atoms with Gasteiger partial charge in [-0.2, -0.15) is 18.3 Å². The zero-order chi connectivity index (χ0) is 15.0. The van der Waals surface area contributed by atoms with E-state index in [0.717, 1.165) is 23.3 Å². The van der Waals surface area contributed by atoms with Crippen LogP contribution in [0.2, 0.25) is 5.02 Å². The number of nitrogens with zero attached hydrogens (tertiary/aromatic N) is 2. The zero-order valence-corrected chi connectivity index (χ0v) is 11.3. The third kappa shape index (κ3) is 2.67. The van der Waals surface area contributed by atoms with Gasteiger partial charge in [0.15, 0.2) is 0 Å². The first-order valence-corrected chi connectivity index (χ1v) is 6.38. The maximum absolute atomic E-state index is 12.6. The van der Waals surface area contributed by atoms with E-state index in [1.807, 2.05) is 6.07 Å². The highest BCUT2D eigenvalue weighted by Crippen LogP contribution is 2.33. The molecule has 1 N–H and O–H groups in total. The second-order valence-corrected chi connectivity index (χ2v) is 4.84. The first kappa shape index (κ1) is 13.8. The Morgan fingerprint density at radius 1 is 1.14 bits per heavy atom. The Bertz CT molecular complexity index is 760. The van der Waals surface area contributed by atoms with Crippen molar-refractivity contribution in [2.45, 2.75) is 6.18 Å². The second-order valence-electron chi connectivity index (χ2n) is 4.44. The van der Waals surface area contributed by atoms with E-state index in [0.29, 0.717) is 5.69 Å². The van der Waals surface area contributed by atoms with Gasteiger partial charge in [-0.05, 0) is 24.3 Å².